The van der Waals surface area contributed by atoms with Crippen LogP contribution in [0.4, 0.5) is 5.82 Å². The second-order valence-corrected chi connectivity index (χ2v) is 6.20. The maximum Gasteiger partial charge on any atom is 0.133 e. The Bertz CT molecular complexity index is 437. The number of aryl methyl sites for hydroxylation is 1. The standard InChI is InChI=1S/C15H21N3/c1-2-4-13-12(3-1)15(17-9-16-13)18-14(10-5-6-10)11-7-8-11/h9-11,14H,1-8H2,(H,16,17,18). The molecule has 0 aliphatic heterocycles. The van der Waals surface area contributed by atoms with Gasteiger partial charge in [-0.1, -0.05) is 0 Å². The predicted molar refractivity (Wildman–Crippen MR) is 71.5 cm³/mol. The number of nitrogens with one attached hydrogen (secondary N) is 1. The topological polar surface area (TPSA) is 37.8 Å². The van der Waals surface area contributed by atoms with Gasteiger partial charge in [0.05, 0.1) is 0 Å². The number of anilines is 1. The minimum absolute atomic E-state index is 0.700. The van der Waals surface area contributed by atoms with Crippen molar-refractivity contribution in [3.63, 3.8) is 0 Å². The van der Waals surface area contributed by atoms with E-state index in [2.05, 4.69) is 15.3 Å². The highest BCUT2D eigenvalue weighted by Gasteiger charge is 2.41. The van der Waals surface area contributed by atoms with Crippen LogP contribution in [0.3, 0.4) is 0 Å². The number of rotatable bonds is 4. The van der Waals surface area contributed by atoms with Gasteiger partial charge in [0.25, 0.3) is 0 Å². The molecule has 0 aromatic carbocycles. The molecule has 1 N–H and O–H groups in total. The van der Waals surface area contributed by atoms with Crippen molar-refractivity contribution in [3.05, 3.63) is 17.6 Å². The molecule has 2 saturated carbocycles. The largest absolute Gasteiger partial charge is 0.366 e. The maximum absolute atomic E-state index is 4.53. The van der Waals surface area contributed by atoms with Crippen LogP contribution in [0.2, 0.25) is 0 Å². The van der Waals surface area contributed by atoms with E-state index in [4.69, 9.17) is 0 Å². The third-order valence-corrected chi connectivity index (χ3v) is 4.69. The Kier molecular flexibility index (Phi) is 2.52. The van der Waals surface area contributed by atoms with E-state index in [-0.39, 0.29) is 0 Å². The first-order chi connectivity index (χ1) is 8.92. The molecule has 0 radical (unpaired) electrons. The van der Waals surface area contributed by atoms with Crippen molar-refractivity contribution >= 4 is 5.82 Å². The maximum atomic E-state index is 4.53. The number of fused-ring (bicyclic) bond motifs is 1. The molecule has 4 rings (SSSR count). The van der Waals surface area contributed by atoms with Crippen LogP contribution in [0.1, 0.15) is 49.8 Å². The molecule has 1 aromatic rings. The zero-order valence-electron chi connectivity index (χ0n) is 10.9. The molecule has 0 atom stereocenters. The van der Waals surface area contributed by atoms with Gasteiger partial charge >= 0.3 is 0 Å². The van der Waals surface area contributed by atoms with E-state index in [0.29, 0.717) is 6.04 Å². The van der Waals surface area contributed by atoms with E-state index in [0.717, 1.165) is 24.1 Å². The first-order valence-corrected chi connectivity index (χ1v) is 7.51. The van der Waals surface area contributed by atoms with Crippen molar-refractivity contribution in [2.75, 3.05) is 5.32 Å². The molecule has 3 heteroatoms. The van der Waals surface area contributed by atoms with Gasteiger partial charge < -0.3 is 5.32 Å². The summed E-state index contributed by atoms with van der Waals surface area (Å²) in [5.41, 5.74) is 2.71. The second kappa shape index (κ2) is 4.22. The molecule has 1 aromatic heterocycles. The average Bonchev–Trinajstić information content (AvgIpc) is 3.29. The van der Waals surface area contributed by atoms with Crippen molar-refractivity contribution < 1.29 is 0 Å². The lowest BCUT2D eigenvalue weighted by molar-refractivity contribution is 0.562. The molecule has 3 aliphatic carbocycles. The predicted octanol–water partition coefficient (Wildman–Crippen LogP) is 2.96. The summed E-state index contributed by atoms with van der Waals surface area (Å²) in [6.45, 7) is 0. The smallest absolute Gasteiger partial charge is 0.133 e. The van der Waals surface area contributed by atoms with Crippen LogP contribution in [-0.2, 0) is 12.8 Å². The molecule has 18 heavy (non-hydrogen) atoms. The summed E-state index contributed by atoms with van der Waals surface area (Å²) in [5, 5.41) is 3.78. The van der Waals surface area contributed by atoms with Gasteiger partial charge in [0.1, 0.15) is 12.1 Å². The summed E-state index contributed by atoms with van der Waals surface area (Å²) >= 11 is 0. The van der Waals surface area contributed by atoms with Crippen LogP contribution in [0.5, 0.6) is 0 Å². The summed E-state index contributed by atoms with van der Waals surface area (Å²) in [7, 11) is 0. The van der Waals surface area contributed by atoms with Crippen molar-refractivity contribution in [1.82, 2.24) is 9.97 Å². The highest BCUT2D eigenvalue weighted by atomic mass is 15.1. The zero-order valence-corrected chi connectivity index (χ0v) is 10.9. The number of hydrogen-bond acceptors (Lipinski definition) is 3. The van der Waals surface area contributed by atoms with Crippen LogP contribution in [-0.4, -0.2) is 16.0 Å². The molecular formula is C15H21N3. The molecule has 3 nitrogen and oxygen atoms in total. The van der Waals surface area contributed by atoms with E-state index in [1.54, 1.807) is 6.33 Å². The van der Waals surface area contributed by atoms with Crippen LogP contribution >= 0.6 is 0 Å². The molecule has 96 valence electrons. The van der Waals surface area contributed by atoms with Crippen molar-refractivity contribution in [2.45, 2.75) is 57.4 Å². The minimum Gasteiger partial charge on any atom is -0.366 e. The fraction of sp³-hybridized carbons (Fsp3) is 0.733. The lowest BCUT2D eigenvalue weighted by atomic mass is 9.96. The van der Waals surface area contributed by atoms with E-state index >= 15 is 0 Å². The van der Waals surface area contributed by atoms with Gasteiger partial charge in [-0.3, -0.25) is 0 Å². The van der Waals surface area contributed by atoms with E-state index in [1.807, 2.05) is 0 Å². The Hall–Kier alpha value is -1.12. The fourth-order valence-corrected chi connectivity index (χ4v) is 3.33. The third-order valence-electron chi connectivity index (χ3n) is 4.69. The molecular weight excluding hydrogens is 222 g/mol. The van der Waals surface area contributed by atoms with Crippen LogP contribution in [0.15, 0.2) is 6.33 Å². The normalized spacial score (nSPS) is 22.9. The van der Waals surface area contributed by atoms with E-state index in [9.17, 15) is 0 Å². The van der Waals surface area contributed by atoms with Gasteiger partial charge in [-0.25, -0.2) is 9.97 Å². The van der Waals surface area contributed by atoms with Gasteiger partial charge in [0.2, 0.25) is 0 Å². The number of aromatic nitrogens is 2. The molecule has 1 heterocycles. The first-order valence-electron chi connectivity index (χ1n) is 7.51. The van der Waals surface area contributed by atoms with E-state index < -0.39 is 0 Å². The lowest BCUT2D eigenvalue weighted by Crippen LogP contribution is -2.26. The highest BCUT2D eigenvalue weighted by Crippen LogP contribution is 2.46. The molecule has 2 fully saturated rings. The van der Waals surface area contributed by atoms with E-state index in [1.165, 1.54) is 56.2 Å². The van der Waals surface area contributed by atoms with Crippen LogP contribution in [0.25, 0.3) is 0 Å². The number of hydrogen-bond donors (Lipinski definition) is 1. The molecule has 3 aliphatic rings. The quantitative estimate of drug-likeness (QED) is 0.883. The average molecular weight is 243 g/mol. The Morgan fingerprint density at radius 1 is 1.00 bits per heavy atom. The van der Waals surface area contributed by atoms with Gasteiger partial charge in [-0.15, -0.1) is 0 Å². The van der Waals surface area contributed by atoms with Crippen molar-refractivity contribution in [3.8, 4) is 0 Å². The third kappa shape index (κ3) is 2.00. The molecule has 0 unspecified atom stereocenters. The molecule has 0 bridgehead atoms. The SMILES string of the molecule is c1nc2c(c(NC(C3CC3)C3CC3)n1)CCCC2. The van der Waals surface area contributed by atoms with Crippen molar-refractivity contribution in [2.24, 2.45) is 11.8 Å². The highest BCUT2D eigenvalue weighted by molar-refractivity contribution is 5.48. The second-order valence-electron chi connectivity index (χ2n) is 6.20. The van der Waals surface area contributed by atoms with Gasteiger partial charge in [-0.2, -0.15) is 0 Å². The monoisotopic (exact) mass is 243 g/mol. The summed E-state index contributed by atoms with van der Waals surface area (Å²) in [5.74, 6) is 3.00. The molecule has 0 spiro atoms. The summed E-state index contributed by atoms with van der Waals surface area (Å²) in [6, 6.07) is 0.700. The molecule has 0 amide bonds. The summed E-state index contributed by atoms with van der Waals surface area (Å²) in [6.07, 6.45) is 12.3. The minimum atomic E-state index is 0.700. The Morgan fingerprint density at radius 2 is 1.72 bits per heavy atom. The summed E-state index contributed by atoms with van der Waals surface area (Å²) in [4.78, 5) is 8.99. The van der Waals surface area contributed by atoms with Gasteiger partial charge in [0, 0.05) is 17.3 Å². The summed E-state index contributed by atoms with van der Waals surface area (Å²) < 4.78 is 0. The molecule has 0 saturated heterocycles. The Balaban J connectivity index is 1.59. The van der Waals surface area contributed by atoms with Crippen LogP contribution in [0, 0.1) is 11.8 Å². The zero-order chi connectivity index (χ0) is 11.9. The number of nitrogens with zero attached hydrogens (tertiary/aromatic N) is 2. The first kappa shape index (κ1) is 10.8. The fourth-order valence-electron chi connectivity index (χ4n) is 3.33. The van der Waals surface area contributed by atoms with Gasteiger partial charge in [-0.05, 0) is 63.2 Å². The Morgan fingerprint density at radius 3 is 2.44 bits per heavy atom. The van der Waals surface area contributed by atoms with Crippen molar-refractivity contribution in [1.29, 1.82) is 0 Å². The van der Waals surface area contributed by atoms with Gasteiger partial charge in [0.15, 0.2) is 0 Å². The van der Waals surface area contributed by atoms with Crippen LogP contribution < -0.4 is 5.32 Å². The lowest BCUT2D eigenvalue weighted by Gasteiger charge is -2.23. The Labute approximate surface area is 108 Å².